The third-order valence-electron chi connectivity index (χ3n) is 5.57. The predicted octanol–water partition coefficient (Wildman–Crippen LogP) is 6.94. The maximum atomic E-state index is 5.50. The highest BCUT2D eigenvalue weighted by Crippen LogP contribution is 2.37. The van der Waals surface area contributed by atoms with Crippen LogP contribution in [0, 0.1) is 0 Å². The molecule has 3 heteroatoms. The van der Waals surface area contributed by atoms with E-state index in [9.17, 15) is 0 Å². The minimum Gasteiger partial charge on any atom is -0.497 e. The molecule has 1 aromatic heterocycles. The number of benzene rings is 4. The Hall–Kier alpha value is -4.11. The molecule has 0 fully saturated rings. The van der Waals surface area contributed by atoms with Gasteiger partial charge in [-0.2, -0.15) is 0 Å². The summed E-state index contributed by atoms with van der Waals surface area (Å²) < 4.78 is 7.82. The molecule has 4 aromatic carbocycles. The van der Waals surface area contributed by atoms with E-state index in [-0.39, 0.29) is 0 Å². The summed E-state index contributed by atoms with van der Waals surface area (Å²) in [6.45, 7) is 0.720. The lowest BCUT2D eigenvalue weighted by molar-refractivity contribution is 0.415. The van der Waals surface area contributed by atoms with E-state index in [2.05, 4.69) is 83.4 Å². The van der Waals surface area contributed by atoms with Gasteiger partial charge < -0.3 is 9.30 Å². The van der Waals surface area contributed by atoms with E-state index in [0.29, 0.717) is 0 Å². The van der Waals surface area contributed by atoms with Crippen LogP contribution < -0.4 is 4.74 Å². The number of methoxy groups -OCH3 is 1. The highest BCUT2D eigenvalue weighted by atomic mass is 16.5. The summed E-state index contributed by atoms with van der Waals surface area (Å²) in [5, 5.41) is 0. The largest absolute Gasteiger partial charge is 0.497 e. The maximum Gasteiger partial charge on any atom is 0.141 e. The fourth-order valence-corrected chi connectivity index (χ4v) is 4.04. The lowest BCUT2D eigenvalue weighted by Gasteiger charge is -2.14. The Balaban J connectivity index is 1.80. The van der Waals surface area contributed by atoms with Crippen molar-refractivity contribution in [1.82, 2.24) is 9.55 Å². The van der Waals surface area contributed by atoms with Gasteiger partial charge in [0.05, 0.1) is 18.5 Å². The van der Waals surface area contributed by atoms with Crippen molar-refractivity contribution in [1.29, 1.82) is 0 Å². The van der Waals surface area contributed by atoms with Gasteiger partial charge in [-0.15, -0.1) is 0 Å². The van der Waals surface area contributed by atoms with Crippen LogP contribution in [0.1, 0.15) is 5.56 Å². The quantitative estimate of drug-likeness (QED) is 0.300. The summed E-state index contributed by atoms with van der Waals surface area (Å²) in [5.74, 6) is 1.74. The minimum absolute atomic E-state index is 0.720. The Labute approximate surface area is 188 Å². The molecule has 0 aliphatic carbocycles. The summed E-state index contributed by atoms with van der Waals surface area (Å²) >= 11 is 0. The fraction of sp³-hybridized carbons (Fsp3) is 0.0690. The summed E-state index contributed by atoms with van der Waals surface area (Å²) in [7, 11) is 1.69. The summed E-state index contributed by atoms with van der Waals surface area (Å²) in [5.41, 5.74) is 6.58. The molecule has 1 heterocycles. The topological polar surface area (TPSA) is 27.1 Å². The van der Waals surface area contributed by atoms with Crippen molar-refractivity contribution in [3.63, 3.8) is 0 Å². The third kappa shape index (κ3) is 3.93. The van der Waals surface area contributed by atoms with Crippen LogP contribution in [0.25, 0.3) is 33.9 Å². The summed E-state index contributed by atoms with van der Waals surface area (Å²) in [4.78, 5) is 5.21. The molecule has 0 amide bonds. The Morgan fingerprint density at radius 2 is 1.25 bits per heavy atom. The molecule has 5 aromatic rings. The van der Waals surface area contributed by atoms with Gasteiger partial charge in [-0.1, -0.05) is 103 Å². The first kappa shape index (κ1) is 19.8. The van der Waals surface area contributed by atoms with Crippen molar-refractivity contribution in [2.45, 2.75) is 6.54 Å². The van der Waals surface area contributed by atoms with Gasteiger partial charge in [0.2, 0.25) is 0 Å². The second-order valence-electron chi connectivity index (χ2n) is 7.67. The fourth-order valence-electron chi connectivity index (χ4n) is 4.04. The minimum atomic E-state index is 0.720. The van der Waals surface area contributed by atoms with Crippen LogP contribution in [-0.2, 0) is 6.54 Å². The number of imidazole rings is 1. The standard InChI is InChI=1S/C29H24N2O/c1-32-26-19-11-18-25(20-26)29-30-27(23-14-7-3-8-15-23)28(24-16-9-4-10-17-24)31(29)21-22-12-5-2-6-13-22/h2-20H,21H2,1H3. The van der Waals surface area contributed by atoms with E-state index >= 15 is 0 Å². The zero-order chi connectivity index (χ0) is 21.8. The lowest BCUT2D eigenvalue weighted by atomic mass is 10.0. The predicted molar refractivity (Wildman–Crippen MR) is 131 cm³/mol. The average Bonchev–Trinajstić information content (AvgIpc) is 3.25. The molecule has 32 heavy (non-hydrogen) atoms. The maximum absolute atomic E-state index is 5.50. The van der Waals surface area contributed by atoms with E-state index in [1.54, 1.807) is 7.11 Å². The molecule has 5 rings (SSSR count). The zero-order valence-corrected chi connectivity index (χ0v) is 18.0. The number of hydrogen-bond acceptors (Lipinski definition) is 2. The van der Waals surface area contributed by atoms with Gasteiger partial charge in [-0.3, -0.25) is 0 Å². The van der Waals surface area contributed by atoms with Gasteiger partial charge >= 0.3 is 0 Å². The van der Waals surface area contributed by atoms with Gasteiger partial charge in [0.25, 0.3) is 0 Å². The van der Waals surface area contributed by atoms with Crippen LogP contribution in [0.2, 0.25) is 0 Å². The molecular weight excluding hydrogens is 392 g/mol. The molecule has 0 aliphatic heterocycles. The van der Waals surface area contributed by atoms with Crippen LogP contribution in [0.3, 0.4) is 0 Å². The molecular formula is C29H24N2O. The molecule has 0 aliphatic rings. The van der Waals surface area contributed by atoms with Gasteiger partial charge in [0, 0.05) is 23.2 Å². The zero-order valence-electron chi connectivity index (χ0n) is 18.0. The molecule has 0 radical (unpaired) electrons. The highest BCUT2D eigenvalue weighted by Gasteiger charge is 2.21. The van der Waals surface area contributed by atoms with Crippen molar-refractivity contribution < 1.29 is 4.74 Å². The lowest BCUT2D eigenvalue weighted by Crippen LogP contribution is -2.04. The first-order valence-electron chi connectivity index (χ1n) is 10.7. The molecule has 0 spiro atoms. The van der Waals surface area contributed by atoms with E-state index in [1.165, 1.54) is 5.56 Å². The smallest absolute Gasteiger partial charge is 0.141 e. The second-order valence-corrected chi connectivity index (χ2v) is 7.67. The summed E-state index contributed by atoms with van der Waals surface area (Å²) in [6.07, 6.45) is 0. The first-order valence-corrected chi connectivity index (χ1v) is 10.7. The molecule has 0 saturated heterocycles. The van der Waals surface area contributed by atoms with Crippen molar-refractivity contribution in [2.75, 3.05) is 7.11 Å². The van der Waals surface area contributed by atoms with Crippen molar-refractivity contribution >= 4 is 0 Å². The normalized spacial score (nSPS) is 10.8. The van der Waals surface area contributed by atoms with Gasteiger partial charge in [0.15, 0.2) is 0 Å². The first-order chi connectivity index (χ1) is 15.8. The molecule has 0 saturated carbocycles. The number of rotatable bonds is 6. The van der Waals surface area contributed by atoms with Crippen molar-refractivity contribution in [3.8, 4) is 39.7 Å². The number of aromatic nitrogens is 2. The molecule has 0 atom stereocenters. The van der Waals surface area contributed by atoms with Gasteiger partial charge in [-0.25, -0.2) is 4.98 Å². The Bertz CT molecular complexity index is 1310. The number of hydrogen-bond donors (Lipinski definition) is 0. The molecule has 3 nitrogen and oxygen atoms in total. The van der Waals surface area contributed by atoms with Crippen LogP contribution in [0.5, 0.6) is 5.75 Å². The third-order valence-corrected chi connectivity index (χ3v) is 5.57. The Morgan fingerprint density at radius 1 is 0.656 bits per heavy atom. The highest BCUT2D eigenvalue weighted by molar-refractivity contribution is 5.82. The van der Waals surface area contributed by atoms with Crippen LogP contribution in [-0.4, -0.2) is 16.7 Å². The molecule has 156 valence electrons. The van der Waals surface area contributed by atoms with E-state index in [4.69, 9.17) is 9.72 Å². The van der Waals surface area contributed by atoms with Crippen molar-refractivity contribution in [2.24, 2.45) is 0 Å². The second kappa shape index (κ2) is 8.94. The average molecular weight is 417 g/mol. The molecule has 0 unspecified atom stereocenters. The van der Waals surface area contributed by atoms with Crippen LogP contribution in [0.15, 0.2) is 115 Å². The van der Waals surface area contributed by atoms with Gasteiger partial charge in [-0.05, 0) is 17.7 Å². The monoisotopic (exact) mass is 416 g/mol. The molecule has 0 N–H and O–H groups in total. The van der Waals surface area contributed by atoms with Crippen LogP contribution >= 0.6 is 0 Å². The number of nitrogens with zero attached hydrogens (tertiary/aromatic N) is 2. The van der Waals surface area contributed by atoms with Crippen molar-refractivity contribution in [3.05, 3.63) is 121 Å². The van der Waals surface area contributed by atoms with E-state index in [0.717, 1.165) is 46.2 Å². The molecule has 0 bridgehead atoms. The van der Waals surface area contributed by atoms with E-state index in [1.807, 2.05) is 36.4 Å². The van der Waals surface area contributed by atoms with Gasteiger partial charge in [0.1, 0.15) is 11.6 Å². The van der Waals surface area contributed by atoms with E-state index < -0.39 is 0 Å². The Morgan fingerprint density at radius 3 is 1.91 bits per heavy atom. The summed E-state index contributed by atoms with van der Waals surface area (Å²) in [6, 6.07) is 39.6. The Kier molecular flexibility index (Phi) is 5.54. The SMILES string of the molecule is COc1cccc(-c2nc(-c3ccccc3)c(-c3ccccc3)n2Cc2ccccc2)c1. The number of ether oxygens (including phenoxy) is 1. The van der Waals surface area contributed by atoms with Crippen LogP contribution in [0.4, 0.5) is 0 Å².